The molecule has 0 unspecified atom stereocenters. The van der Waals surface area contributed by atoms with E-state index in [0.717, 1.165) is 25.2 Å². The van der Waals surface area contributed by atoms with E-state index in [1.54, 1.807) is 0 Å². The van der Waals surface area contributed by atoms with Gasteiger partial charge in [-0.25, -0.2) is 0 Å². The second kappa shape index (κ2) is 6.29. The number of carbonyl (C=O) groups is 1. The maximum Gasteiger partial charge on any atom is 0.207 e. The Labute approximate surface area is 121 Å². The smallest absolute Gasteiger partial charge is 0.207 e. The summed E-state index contributed by atoms with van der Waals surface area (Å²) in [6.45, 7) is 0. The Kier molecular flexibility index (Phi) is 4.24. The van der Waals surface area contributed by atoms with E-state index in [-0.39, 0.29) is 0 Å². The summed E-state index contributed by atoms with van der Waals surface area (Å²) in [5, 5.41) is 6.37. The van der Waals surface area contributed by atoms with Crippen molar-refractivity contribution in [1.82, 2.24) is 5.32 Å². The molecule has 0 aliphatic heterocycles. The summed E-state index contributed by atoms with van der Waals surface area (Å²) in [6, 6.07) is 9.88. The summed E-state index contributed by atoms with van der Waals surface area (Å²) >= 11 is 0. The molecule has 3 rings (SSSR count). The number of anilines is 1. The third-order valence-electron chi connectivity index (χ3n) is 4.80. The molecule has 0 aromatic heterocycles. The van der Waals surface area contributed by atoms with Crippen LogP contribution in [0.3, 0.4) is 0 Å². The van der Waals surface area contributed by atoms with Crippen LogP contribution in [0.2, 0.25) is 0 Å². The molecule has 3 nitrogen and oxygen atoms in total. The second-order valence-electron chi connectivity index (χ2n) is 6.25. The first-order valence-electron chi connectivity index (χ1n) is 7.91. The van der Waals surface area contributed by atoms with Crippen molar-refractivity contribution in [3.05, 3.63) is 29.8 Å². The van der Waals surface area contributed by atoms with Gasteiger partial charge in [0.25, 0.3) is 0 Å². The lowest BCUT2D eigenvalue weighted by Crippen LogP contribution is -2.47. The average molecular weight is 272 g/mol. The Bertz CT molecular complexity index is 431. The predicted octanol–water partition coefficient (Wildman–Crippen LogP) is 3.42. The third kappa shape index (κ3) is 3.14. The Morgan fingerprint density at radius 2 is 1.65 bits per heavy atom. The largest absolute Gasteiger partial charge is 0.382 e. The number of amides is 1. The van der Waals surface area contributed by atoms with Crippen LogP contribution >= 0.6 is 0 Å². The SMILES string of the molecule is O=CNC1CC(Nc2ccc(C3CCCCC3)cc2)C1. The molecule has 2 fully saturated rings. The van der Waals surface area contributed by atoms with Gasteiger partial charge in [0.15, 0.2) is 0 Å². The van der Waals surface area contributed by atoms with E-state index in [0.29, 0.717) is 12.1 Å². The van der Waals surface area contributed by atoms with Gasteiger partial charge in [0.1, 0.15) is 0 Å². The Morgan fingerprint density at radius 3 is 2.30 bits per heavy atom. The molecule has 108 valence electrons. The summed E-state index contributed by atoms with van der Waals surface area (Å²) in [5.41, 5.74) is 2.71. The van der Waals surface area contributed by atoms with E-state index in [9.17, 15) is 4.79 Å². The van der Waals surface area contributed by atoms with Crippen LogP contribution in [0.15, 0.2) is 24.3 Å². The highest BCUT2D eigenvalue weighted by atomic mass is 16.1. The third-order valence-corrected chi connectivity index (χ3v) is 4.80. The molecule has 0 spiro atoms. The van der Waals surface area contributed by atoms with Gasteiger partial charge >= 0.3 is 0 Å². The zero-order valence-corrected chi connectivity index (χ0v) is 12.0. The van der Waals surface area contributed by atoms with Crippen LogP contribution in [0.25, 0.3) is 0 Å². The number of benzene rings is 1. The Hall–Kier alpha value is -1.51. The number of carbonyl (C=O) groups excluding carboxylic acids is 1. The van der Waals surface area contributed by atoms with Crippen LogP contribution in [0.5, 0.6) is 0 Å². The number of hydrogen-bond acceptors (Lipinski definition) is 2. The molecule has 0 saturated heterocycles. The van der Waals surface area contributed by atoms with E-state index in [4.69, 9.17) is 0 Å². The molecule has 1 amide bonds. The lowest BCUT2D eigenvalue weighted by molar-refractivity contribution is -0.110. The highest BCUT2D eigenvalue weighted by Gasteiger charge is 2.28. The molecule has 3 heteroatoms. The zero-order chi connectivity index (χ0) is 13.8. The maximum atomic E-state index is 10.3. The van der Waals surface area contributed by atoms with Crippen molar-refractivity contribution in [1.29, 1.82) is 0 Å². The lowest BCUT2D eigenvalue weighted by atomic mass is 9.84. The molecule has 0 atom stereocenters. The van der Waals surface area contributed by atoms with Gasteiger partial charge in [-0.15, -0.1) is 0 Å². The second-order valence-corrected chi connectivity index (χ2v) is 6.25. The lowest BCUT2D eigenvalue weighted by Gasteiger charge is -2.36. The number of nitrogens with one attached hydrogen (secondary N) is 2. The molecule has 2 N–H and O–H groups in total. The van der Waals surface area contributed by atoms with Crippen molar-refractivity contribution in [3.63, 3.8) is 0 Å². The van der Waals surface area contributed by atoms with Crippen molar-refractivity contribution >= 4 is 12.1 Å². The first kappa shape index (κ1) is 13.5. The van der Waals surface area contributed by atoms with Crippen LogP contribution in [0.4, 0.5) is 5.69 Å². The van der Waals surface area contributed by atoms with Crippen molar-refractivity contribution < 1.29 is 4.79 Å². The number of hydrogen-bond donors (Lipinski definition) is 2. The topological polar surface area (TPSA) is 41.1 Å². The highest BCUT2D eigenvalue weighted by molar-refractivity contribution is 5.49. The molecule has 20 heavy (non-hydrogen) atoms. The molecular formula is C17H24N2O. The minimum atomic E-state index is 0.367. The Morgan fingerprint density at radius 1 is 0.950 bits per heavy atom. The standard InChI is InChI=1S/C17H24N2O/c20-12-18-16-10-17(11-16)19-15-8-6-14(7-9-15)13-4-2-1-3-5-13/h6-9,12-13,16-17,19H,1-5,10-11H2,(H,18,20). The monoisotopic (exact) mass is 272 g/mol. The molecule has 0 bridgehead atoms. The van der Waals surface area contributed by atoms with Crippen LogP contribution in [0, 0.1) is 0 Å². The summed E-state index contributed by atoms with van der Waals surface area (Å²) < 4.78 is 0. The molecule has 0 heterocycles. The van der Waals surface area contributed by atoms with Gasteiger partial charge in [0.2, 0.25) is 6.41 Å². The van der Waals surface area contributed by atoms with Crippen LogP contribution in [-0.2, 0) is 4.79 Å². The summed E-state index contributed by atoms with van der Waals surface area (Å²) in [5.74, 6) is 0.780. The highest BCUT2D eigenvalue weighted by Crippen LogP contribution is 2.33. The molecule has 2 aliphatic carbocycles. The first-order chi connectivity index (χ1) is 9.85. The minimum absolute atomic E-state index is 0.367. The van der Waals surface area contributed by atoms with Gasteiger partial charge in [0.05, 0.1) is 0 Å². The van der Waals surface area contributed by atoms with E-state index in [1.807, 2.05) is 0 Å². The van der Waals surface area contributed by atoms with E-state index < -0.39 is 0 Å². The van der Waals surface area contributed by atoms with Gasteiger partial charge in [-0.2, -0.15) is 0 Å². The Balaban J connectivity index is 1.50. The minimum Gasteiger partial charge on any atom is -0.382 e. The van der Waals surface area contributed by atoms with Gasteiger partial charge in [-0.1, -0.05) is 31.4 Å². The summed E-state index contributed by atoms with van der Waals surface area (Å²) in [7, 11) is 0. The molecule has 1 aromatic carbocycles. The fourth-order valence-corrected chi connectivity index (χ4v) is 3.49. The fourth-order valence-electron chi connectivity index (χ4n) is 3.49. The molecule has 1 aromatic rings. The van der Waals surface area contributed by atoms with Gasteiger partial charge in [-0.05, 0) is 49.3 Å². The first-order valence-corrected chi connectivity index (χ1v) is 7.91. The van der Waals surface area contributed by atoms with Crippen LogP contribution < -0.4 is 10.6 Å². The van der Waals surface area contributed by atoms with Gasteiger partial charge in [-0.3, -0.25) is 4.79 Å². The van der Waals surface area contributed by atoms with Crippen molar-refractivity contribution in [2.45, 2.75) is 62.9 Å². The van der Waals surface area contributed by atoms with Crippen molar-refractivity contribution in [2.75, 3.05) is 5.32 Å². The maximum absolute atomic E-state index is 10.3. The molecule has 0 radical (unpaired) electrons. The molecular weight excluding hydrogens is 248 g/mol. The van der Waals surface area contributed by atoms with Gasteiger partial charge < -0.3 is 10.6 Å². The van der Waals surface area contributed by atoms with E-state index in [1.165, 1.54) is 43.4 Å². The zero-order valence-electron chi connectivity index (χ0n) is 12.0. The van der Waals surface area contributed by atoms with E-state index in [2.05, 4.69) is 34.9 Å². The summed E-state index contributed by atoms with van der Waals surface area (Å²) in [6.07, 6.45) is 9.76. The quantitative estimate of drug-likeness (QED) is 0.806. The van der Waals surface area contributed by atoms with Gasteiger partial charge in [0, 0.05) is 17.8 Å². The van der Waals surface area contributed by atoms with Crippen LogP contribution in [0.1, 0.15) is 56.4 Å². The van der Waals surface area contributed by atoms with Crippen molar-refractivity contribution in [2.24, 2.45) is 0 Å². The van der Waals surface area contributed by atoms with Crippen molar-refractivity contribution in [3.8, 4) is 0 Å². The summed E-state index contributed by atoms with van der Waals surface area (Å²) in [4.78, 5) is 10.3. The van der Waals surface area contributed by atoms with E-state index >= 15 is 0 Å². The fraction of sp³-hybridized carbons (Fsp3) is 0.588. The normalized spacial score (nSPS) is 26.6. The molecule has 2 saturated carbocycles. The number of rotatable bonds is 5. The molecule has 2 aliphatic rings. The average Bonchev–Trinajstić information content (AvgIpc) is 2.47. The van der Waals surface area contributed by atoms with Crippen LogP contribution in [-0.4, -0.2) is 18.5 Å². The predicted molar refractivity (Wildman–Crippen MR) is 81.9 cm³/mol.